The third-order valence-electron chi connectivity index (χ3n) is 6.01. The summed E-state index contributed by atoms with van der Waals surface area (Å²) in [7, 11) is 0. The van der Waals surface area contributed by atoms with Gasteiger partial charge in [0.1, 0.15) is 5.82 Å². The topological polar surface area (TPSA) is 78.5 Å². The van der Waals surface area contributed by atoms with Crippen molar-refractivity contribution in [3.63, 3.8) is 0 Å². The van der Waals surface area contributed by atoms with Crippen LogP contribution in [-0.2, 0) is 20.9 Å². The molecule has 6 nitrogen and oxygen atoms in total. The van der Waals surface area contributed by atoms with Crippen molar-refractivity contribution in [1.82, 2.24) is 15.5 Å². The first kappa shape index (κ1) is 21.3. The molecule has 2 N–H and O–H groups in total. The number of carbonyl (C=O) groups excluding carboxylic acids is 3. The Morgan fingerprint density at radius 3 is 2.45 bits per heavy atom. The monoisotopic (exact) mass is 403 g/mol. The summed E-state index contributed by atoms with van der Waals surface area (Å²) in [6, 6.07) is 4.96. The van der Waals surface area contributed by atoms with Crippen LogP contribution in [0.25, 0.3) is 0 Å². The van der Waals surface area contributed by atoms with Crippen LogP contribution in [0, 0.1) is 30.5 Å². The van der Waals surface area contributed by atoms with Crippen molar-refractivity contribution >= 4 is 17.7 Å². The number of hydrogen-bond donors (Lipinski definition) is 2. The number of hydrogen-bond acceptors (Lipinski definition) is 3. The zero-order valence-electron chi connectivity index (χ0n) is 17.2. The van der Waals surface area contributed by atoms with Crippen LogP contribution in [0.1, 0.15) is 43.7 Å². The maximum Gasteiger partial charge on any atom is 0.224 e. The summed E-state index contributed by atoms with van der Waals surface area (Å²) in [5.74, 6) is 0.189. The molecule has 0 unspecified atom stereocenters. The molecular formula is C22H30FN3O3. The van der Waals surface area contributed by atoms with Gasteiger partial charge < -0.3 is 15.5 Å². The number of amides is 3. The van der Waals surface area contributed by atoms with E-state index in [-0.39, 0.29) is 35.4 Å². The van der Waals surface area contributed by atoms with E-state index < -0.39 is 0 Å². The van der Waals surface area contributed by atoms with Crippen LogP contribution in [0.15, 0.2) is 18.2 Å². The standard InChI is InChI=1S/C22H30FN3O3/c1-14-3-4-16(12-19(14)23)13-25-21(28)17-6-9-26(10-7-17)20(27)5-8-24-22(29)18-11-15(18)2/h3-4,12,15,17-18H,5-11,13H2,1-2H3,(H,24,29)(H,25,28)/t15-,18-/m0/s1. The first-order valence-electron chi connectivity index (χ1n) is 10.4. The van der Waals surface area contributed by atoms with Gasteiger partial charge in [-0.15, -0.1) is 0 Å². The van der Waals surface area contributed by atoms with Gasteiger partial charge in [-0.1, -0.05) is 19.1 Å². The van der Waals surface area contributed by atoms with Gasteiger partial charge in [-0.05, 0) is 49.3 Å². The fourth-order valence-electron chi connectivity index (χ4n) is 3.74. The summed E-state index contributed by atoms with van der Waals surface area (Å²) in [5, 5.41) is 5.70. The van der Waals surface area contributed by atoms with E-state index in [0.29, 0.717) is 56.9 Å². The lowest BCUT2D eigenvalue weighted by molar-refractivity contribution is -0.135. The summed E-state index contributed by atoms with van der Waals surface area (Å²) in [6.45, 7) is 5.51. The highest BCUT2D eigenvalue weighted by molar-refractivity contribution is 5.83. The number of nitrogens with one attached hydrogen (secondary N) is 2. The molecule has 1 saturated carbocycles. The molecule has 0 radical (unpaired) electrons. The second-order valence-corrected chi connectivity index (χ2v) is 8.32. The predicted octanol–water partition coefficient (Wildman–Crippen LogP) is 2.15. The Balaban J connectivity index is 1.34. The van der Waals surface area contributed by atoms with Gasteiger partial charge in [0.2, 0.25) is 17.7 Å². The zero-order valence-corrected chi connectivity index (χ0v) is 17.2. The van der Waals surface area contributed by atoms with Gasteiger partial charge in [0.15, 0.2) is 0 Å². The molecule has 29 heavy (non-hydrogen) atoms. The molecule has 1 aromatic carbocycles. The van der Waals surface area contributed by atoms with Crippen molar-refractivity contribution in [3.8, 4) is 0 Å². The molecule has 3 rings (SSSR count). The molecule has 1 aromatic rings. The van der Waals surface area contributed by atoms with E-state index in [1.54, 1.807) is 17.9 Å². The number of rotatable bonds is 7. The Kier molecular flexibility index (Phi) is 6.87. The predicted molar refractivity (Wildman–Crippen MR) is 107 cm³/mol. The molecule has 1 heterocycles. The minimum absolute atomic E-state index is 0.0168. The molecule has 2 fully saturated rings. The Morgan fingerprint density at radius 2 is 1.83 bits per heavy atom. The SMILES string of the molecule is Cc1ccc(CNC(=O)C2CCN(C(=O)CCNC(=O)[C@H]3C[C@@H]3C)CC2)cc1F. The Bertz CT molecular complexity index is 775. The van der Waals surface area contributed by atoms with E-state index in [2.05, 4.69) is 17.6 Å². The van der Waals surface area contributed by atoms with Crippen LogP contribution >= 0.6 is 0 Å². The average Bonchev–Trinajstić information content (AvgIpc) is 3.45. The lowest BCUT2D eigenvalue weighted by atomic mass is 9.95. The Labute approximate surface area is 171 Å². The second kappa shape index (κ2) is 9.37. The highest BCUT2D eigenvalue weighted by Gasteiger charge is 2.38. The third kappa shape index (κ3) is 5.78. The number of halogens is 1. The van der Waals surface area contributed by atoms with Gasteiger partial charge >= 0.3 is 0 Å². The molecule has 7 heteroatoms. The van der Waals surface area contributed by atoms with Gasteiger partial charge in [-0.3, -0.25) is 14.4 Å². The van der Waals surface area contributed by atoms with Crippen LogP contribution in [0.3, 0.4) is 0 Å². The molecule has 1 aliphatic heterocycles. The number of benzene rings is 1. The van der Waals surface area contributed by atoms with Crippen LogP contribution in [-0.4, -0.2) is 42.3 Å². The molecule has 2 atom stereocenters. The number of nitrogens with zero attached hydrogens (tertiary/aromatic N) is 1. The van der Waals surface area contributed by atoms with Gasteiger partial charge in [0.25, 0.3) is 0 Å². The van der Waals surface area contributed by atoms with Gasteiger partial charge in [0, 0.05) is 44.4 Å². The van der Waals surface area contributed by atoms with Crippen LogP contribution in [0.4, 0.5) is 4.39 Å². The molecule has 0 aromatic heterocycles. The minimum Gasteiger partial charge on any atom is -0.355 e. The molecule has 0 bridgehead atoms. The van der Waals surface area contributed by atoms with Crippen LogP contribution in [0.5, 0.6) is 0 Å². The van der Waals surface area contributed by atoms with Gasteiger partial charge in [-0.25, -0.2) is 4.39 Å². The van der Waals surface area contributed by atoms with E-state index in [1.165, 1.54) is 6.07 Å². The molecule has 1 saturated heterocycles. The number of aryl methyl sites for hydroxylation is 1. The maximum absolute atomic E-state index is 13.6. The highest BCUT2D eigenvalue weighted by Crippen LogP contribution is 2.37. The van der Waals surface area contributed by atoms with Gasteiger partial charge in [-0.2, -0.15) is 0 Å². The molecule has 158 valence electrons. The van der Waals surface area contributed by atoms with Crippen molar-refractivity contribution in [1.29, 1.82) is 0 Å². The third-order valence-corrected chi connectivity index (χ3v) is 6.01. The summed E-state index contributed by atoms with van der Waals surface area (Å²) >= 11 is 0. The van der Waals surface area contributed by atoms with E-state index >= 15 is 0 Å². The van der Waals surface area contributed by atoms with Crippen molar-refractivity contribution in [2.24, 2.45) is 17.8 Å². The average molecular weight is 403 g/mol. The van der Waals surface area contributed by atoms with E-state index in [0.717, 1.165) is 12.0 Å². The summed E-state index contributed by atoms with van der Waals surface area (Å²) in [6.07, 6.45) is 2.47. The highest BCUT2D eigenvalue weighted by atomic mass is 19.1. The van der Waals surface area contributed by atoms with Crippen LogP contribution in [0.2, 0.25) is 0 Å². The van der Waals surface area contributed by atoms with Crippen molar-refractivity contribution in [2.45, 2.75) is 46.1 Å². The zero-order chi connectivity index (χ0) is 21.0. The lowest BCUT2D eigenvalue weighted by Crippen LogP contribution is -2.43. The lowest BCUT2D eigenvalue weighted by Gasteiger charge is -2.31. The summed E-state index contributed by atoms with van der Waals surface area (Å²) in [5.41, 5.74) is 1.32. The second-order valence-electron chi connectivity index (χ2n) is 8.32. The van der Waals surface area contributed by atoms with E-state index in [1.807, 2.05) is 6.07 Å². The fraction of sp³-hybridized carbons (Fsp3) is 0.591. The Morgan fingerprint density at radius 1 is 1.14 bits per heavy atom. The van der Waals surface area contributed by atoms with Crippen molar-refractivity contribution < 1.29 is 18.8 Å². The first-order valence-corrected chi connectivity index (χ1v) is 10.4. The van der Waals surface area contributed by atoms with Crippen molar-refractivity contribution in [2.75, 3.05) is 19.6 Å². The fourth-order valence-corrected chi connectivity index (χ4v) is 3.74. The number of piperidine rings is 1. The molecule has 2 aliphatic rings. The quantitative estimate of drug-likeness (QED) is 0.732. The molecular weight excluding hydrogens is 373 g/mol. The maximum atomic E-state index is 13.6. The number of likely N-dealkylation sites (tertiary alicyclic amines) is 1. The molecule has 0 spiro atoms. The molecule has 3 amide bonds. The van der Waals surface area contributed by atoms with Gasteiger partial charge in [0.05, 0.1) is 0 Å². The smallest absolute Gasteiger partial charge is 0.224 e. The largest absolute Gasteiger partial charge is 0.355 e. The number of carbonyl (C=O) groups is 3. The van der Waals surface area contributed by atoms with E-state index in [4.69, 9.17) is 0 Å². The normalized spacial score (nSPS) is 21.6. The summed E-state index contributed by atoms with van der Waals surface area (Å²) in [4.78, 5) is 38.3. The first-order chi connectivity index (χ1) is 13.8. The van der Waals surface area contributed by atoms with Crippen molar-refractivity contribution in [3.05, 3.63) is 35.1 Å². The Hall–Kier alpha value is -2.44. The molecule has 1 aliphatic carbocycles. The minimum atomic E-state index is -0.272. The van der Waals surface area contributed by atoms with Crippen LogP contribution < -0.4 is 10.6 Å². The summed E-state index contributed by atoms with van der Waals surface area (Å²) < 4.78 is 13.6. The van der Waals surface area contributed by atoms with E-state index in [9.17, 15) is 18.8 Å².